The molecule has 22 heavy (non-hydrogen) atoms. The van der Waals surface area contributed by atoms with Crippen molar-refractivity contribution in [1.82, 2.24) is 9.13 Å². The van der Waals surface area contributed by atoms with Gasteiger partial charge in [0.1, 0.15) is 11.2 Å². The zero-order chi connectivity index (χ0) is 16.9. The minimum Gasteiger partial charge on any atom is -0.381 e. The Hall–Kier alpha value is -2.25. The zero-order valence-corrected chi connectivity index (χ0v) is 12.8. The van der Waals surface area contributed by atoms with E-state index in [-0.39, 0.29) is 11.0 Å². The average Bonchev–Trinajstić information content (AvgIpc) is 2.66. The lowest BCUT2D eigenvalue weighted by Gasteiger charge is -2.16. The van der Waals surface area contributed by atoms with Crippen molar-refractivity contribution < 1.29 is 19.8 Å². The number of hydrogen-bond acceptors (Lipinski definition) is 5. The van der Waals surface area contributed by atoms with Gasteiger partial charge >= 0.3 is 5.69 Å². The van der Waals surface area contributed by atoms with E-state index in [0.29, 0.717) is 0 Å². The summed E-state index contributed by atoms with van der Waals surface area (Å²) in [6.45, 7) is 5.02. The highest BCUT2D eigenvalue weighted by Gasteiger charge is 2.34. The highest BCUT2D eigenvalue weighted by atomic mass is 16.3. The monoisotopic (exact) mass is 306 g/mol. The van der Waals surface area contributed by atoms with Crippen LogP contribution in [0.5, 0.6) is 0 Å². The Bertz CT molecular complexity index is 749. The molecule has 0 radical (unpaired) electrons. The van der Waals surface area contributed by atoms with Gasteiger partial charge < -0.3 is 10.2 Å². The van der Waals surface area contributed by atoms with E-state index in [2.05, 4.69) is 0 Å². The molecule has 0 saturated carbocycles. The van der Waals surface area contributed by atoms with Crippen LogP contribution in [0.3, 0.4) is 0 Å². The van der Waals surface area contributed by atoms with Gasteiger partial charge in [0.05, 0.1) is 11.0 Å². The number of imidazole rings is 1. The van der Waals surface area contributed by atoms with Crippen LogP contribution >= 0.6 is 0 Å². The largest absolute Gasteiger partial charge is 0.381 e. The van der Waals surface area contributed by atoms with Gasteiger partial charge in [0.25, 0.3) is 11.8 Å². The molecule has 1 aromatic carbocycles. The molecule has 0 fully saturated rings. The minimum absolute atomic E-state index is 0.192. The van der Waals surface area contributed by atoms with E-state index in [1.807, 2.05) is 0 Å². The third kappa shape index (κ3) is 2.49. The lowest BCUT2D eigenvalue weighted by atomic mass is 10.1. The maximum atomic E-state index is 12.5. The summed E-state index contributed by atoms with van der Waals surface area (Å²) in [5.74, 6) is -1.70. The fourth-order valence-corrected chi connectivity index (χ4v) is 2.09. The fraction of sp³-hybridized carbons (Fsp3) is 0.400. The van der Waals surface area contributed by atoms with Crippen LogP contribution in [-0.2, 0) is 0 Å². The first-order valence-electron chi connectivity index (χ1n) is 6.73. The SMILES string of the molecule is CC(C)(O)C(=O)n1c(=O)n(C(=O)C(C)(C)O)c2ccccc21. The predicted molar refractivity (Wildman–Crippen MR) is 80.0 cm³/mol. The first-order chi connectivity index (χ1) is 9.96. The number of carbonyl (C=O) groups excluding carboxylic acids is 2. The smallest absolute Gasteiger partial charge is 0.343 e. The molecule has 0 atom stereocenters. The third-order valence-corrected chi connectivity index (χ3v) is 3.20. The summed E-state index contributed by atoms with van der Waals surface area (Å²) in [5.41, 5.74) is -4.09. The number of benzene rings is 1. The summed E-state index contributed by atoms with van der Waals surface area (Å²) in [5, 5.41) is 19.8. The lowest BCUT2D eigenvalue weighted by Crippen LogP contribution is -2.45. The van der Waals surface area contributed by atoms with E-state index in [1.165, 1.54) is 39.8 Å². The zero-order valence-electron chi connectivity index (χ0n) is 12.8. The second-order valence-electron chi connectivity index (χ2n) is 6.17. The first-order valence-corrected chi connectivity index (χ1v) is 6.73. The summed E-state index contributed by atoms with van der Waals surface area (Å²) in [6, 6.07) is 6.20. The van der Waals surface area contributed by atoms with Gasteiger partial charge in [-0.3, -0.25) is 9.59 Å². The Labute approximate surface area is 126 Å². The van der Waals surface area contributed by atoms with Crippen LogP contribution in [0.1, 0.15) is 37.3 Å². The van der Waals surface area contributed by atoms with E-state index in [0.717, 1.165) is 9.13 Å². The maximum absolute atomic E-state index is 12.5. The number of carbonyl (C=O) groups is 2. The van der Waals surface area contributed by atoms with E-state index in [4.69, 9.17) is 0 Å². The fourth-order valence-electron chi connectivity index (χ4n) is 2.09. The average molecular weight is 306 g/mol. The Kier molecular flexibility index (Phi) is 3.59. The number of rotatable bonds is 2. The van der Waals surface area contributed by atoms with Crippen molar-refractivity contribution in [2.24, 2.45) is 0 Å². The molecule has 2 aromatic rings. The molecular formula is C15H18N2O5. The molecule has 0 amide bonds. The molecule has 0 aliphatic heterocycles. The topological polar surface area (TPSA) is 102 Å². The molecule has 0 aliphatic rings. The predicted octanol–water partition coefficient (Wildman–Crippen LogP) is 0.625. The molecule has 1 heterocycles. The molecule has 2 N–H and O–H groups in total. The van der Waals surface area contributed by atoms with Gasteiger partial charge in [-0.2, -0.15) is 0 Å². The Morgan fingerprint density at radius 3 is 1.45 bits per heavy atom. The molecule has 118 valence electrons. The number of fused-ring (bicyclic) bond motifs is 1. The number of nitrogens with zero attached hydrogens (tertiary/aromatic N) is 2. The summed E-state index contributed by atoms with van der Waals surface area (Å²) in [7, 11) is 0. The van der Waals surface area contributed by atoms with Gasteiger partial charge in [0.15, 0.2) is 0 Å². The van der Waals surface area contributed by atoms with Crippen molar-refractivity contribution in [2.45, 2.75) is 38.9 Å². The molecule has 0 saturated heterocycles. The second-order valence-corrected chi connectivity index (χ2v) is 6.17. The number of para-hydroxylation sites is 2. The maximum Gasteiger partial charge on any atom is 0.343 e. The van der Waals surface area contributed by atoms with E-state index in [1.54, 1.807) is 12.1 Å². The molecule has 0 unspecified atom stereocenters. The summed E-state index contributed by atoms with van der Waals surface area (Å²) < 4.78 is 1.50. The summed E-state index contributed by atoms with van der Waals surface area (Å²) in [6.07, 6.45) is 0. The van der Waals surface area contributed by atoms with Crippen molar-refractivity contribution >= 4 is 22.8 Å². The van der Waals surface area contributed by atoms with Crippen LogP contribution in [0.25, 0.3) is 11.0 Å². The minimum atomic E-state index is -1.78. The van der Waals surface area contributed by atoms with Crippen molar-refractivity contribution in [3.05, 3.63) is 34.7 Å². The van der Waals surface area contributed by atoms with Crippen LogP contribution in [0.2, 0.25) is 0 Å². The van der Waals surface area contributed by atoms with Crippen molar-refractivity contribution in [2.75, 3.05) is 0 Å². The Morgan fingerprint density at radius 2 is 1.18 bits per heavy atom. The van der Waals surface area contributed by atoms with E-state index < -0.39 is 28.7 Å². The van der Waals surface area contributed by atoms with Gasteiger partial charge in [-0.05, 0) is 39.8 Å². The third-order valence-electron chi connectivity index (χ3n) is 3.20. The molecule has 7 nitrogen and oxygen atoms in total. The second kappa shape index (κ2) is 4.89. The Morgan fingerprint density at radius 1 is 0.864 bits per heavy atom. The Balaban J connectivity index is 2.88. The van der Waals surface area contributed by atoms with Crippen LogP contribution < -0.4 is 5.69 Å². The van der Waals surface area contributed by atoms with Crippen LogP contribution in [0, 0.1) is 0 Å². The molecule has 1 aromatic heterocycles. The molecule has 0 bridgehead atoms. The molecule has 0 aliphatic carbocycles. The number of aromatic nitrogens is 2. The highest BCUT2D eigenvalue weighted by Crippen LogP contribution is 2.18. The molecule has 0 spiro atoms. The number of aliphatic hydroxyl groups is 2. The van der Waals surface area contributed by atoms with Gasteiger partial charge in [0.2, 0.25) is 0 Å². The van der Waals surface area contributed by atoms with Crippen LogP contribution in [-0.4, -0.2) is 42.4 Å². The van der Waals surface area contributed by atoms with E-state index in [9.17, 15) is 24.6 Å². The standard InChI is InChI=1S/C15H18N2O5/c1-14(2,21)11(18)16-9-7-5-6-8-10(9)17(13(16)20)12(19)15(3,4)22/h5-8,21-22H,1-4H3. The van der Waals surface area contributed by atoms with Crippen molar-refractivity contribution in [1.29, 1.82) is 0 Å². The number of hydrogen-bond donors (Lipinski definition) is 2. The van der Waals surface area contributed by atoms with Gasteiger partial charge in [-0.25, -0.2) is 13.9 Å². The highest BCUT2D eigenvalue weighted by molar-refractivity contribution is 6.00. The quantitative estimate of drug-likeness (QED) is 0.847. The summed E-state index contributed by atoms with van der Waals surface area (Å²) in [4.78, 5) is 37.2. The molecule has 7 heteroatoms. The normalized spacial score (nSPS) is 12.6. The van der Waals surface area contributed by atoms with E-state index >= 15 is 0 Å². The molecular weight excluding hydrogens is 288 g/mol. The van der Waals surface area contributed by atoms with Gasteiger partial charge in [0, 0.05) is 0 Å². The molecule has 2 rings (SSSR count). The van der Waals surface area contributed by atoms with Crippen LogP contribution in [0.4, 0.5) is 0 Å². The van der Waals surface area contributed by atoms with Crippen LogP contribution in [0.15, 0.2) is 29.1 Å². The lowest BCUT2D eigenvalue weighted by molar-refractivity contribution is 0.0368. The van der Waals surface area contributed by atoms with Gasteiger partial charge in [-0.1, -0.05) is 12.1 Å². The van der Waals surface area contributed by atoms with Gasteiger partial charge in [-0.15, -0.1) is 0 Å². The van der Waals surface area contributed by atoms with Crippen molar-refractivity contribution in [3.8, 4) is 0 Å². The van der Waals surface area contributed by atoms with Crippen molar-refractivity contribution in [3.63, 3.8) is 0 Å². The first kappa shape index (κ1) is 16.1. The summed E-state index contributed by atoms with van der Waals surface area (Å²) >= 11 is 0.